The molecule has 0 unspecified atom stereocenters. The van der Waals surface area contributed by atoms with E-state index in [1.54, 1.807) is 0 Å². The Morgan fingerprint density at radius 1 is 1.39 bits per heavy atom. The molecule has 2 rings (SSSR count). The lowest BCUT2D eigenvalue weighted by atomic mass is 10.2. The molecule has 0 atom stereocenters. The Morgan fingerprint density at radius 2 is 2.17 bits per heavy atom. The molecule has 18 heavy (non-hydrogen) atoms. The average molecular weight is 307 g/mol. The van der Waals surface area contributed by atoms with Crippen LogP contribution in [-0.4, -0.2) is 15.9 Å². The molecule has 92 valence electrons. The second kappa shape index (κ2) is 5.14. The summed E-state index contributed by atoms with van der Waals surface area (Å²) in [7, 11) is 0. The summed E-state index contributed by atoms with van der Waals surface area (Å²) in [5, 5.41) is 2.76. The van der Waals surface area contributed by atoms with Crippen molar-refractivity contribution in [3.8, 4) is 0 Å². The largest absolute Gasteiger partial charge is 0.382 e. The van der Waals surface area contributed by atoms with Crippen molar-refractivity contribution in [2.75, 3.05) is 11.1 Å². The number of benzene rings is 1. The van der Waals surface area contributed by atoms with Crippen LogP contribution >= 0.6 is 15.9 Å². The molecule has 6 heteroatoms. The number of nitrogens with two attached hydrogens (primary N) is 1. The van der Waals surface area contributed by atoms with E-state index in [1.165, 1.54) is 12.4 Å². The molecule has 0 bridgehead atoms. The molecule has 0 saturated heterocycles. The summed E-state index contributed by atoms with van der Waals surface area (Å²) < 4.78 is 0.960. The van der Waals surface area contributed by atoms with Crippen molar-refractivity contribution in [3.63, 3.8) is 0 Å². The van der Waals surface area contributed by atoms with Crippen molar-refractivity contribution in [1.82, 2.24) is 9.97 Å². The normalized spacial score (nSPS) is 10.1. The first-order valence-electron chi connectivity index (χ1n) is 5.21. The molecule has 0 radical (unpaired) electrons. The maximum Gasteiger partial charge on any atom is 0.275 e. The molecule has 1 amide bonds. The second-order valence-corrected chi connectivity index (χ2v) is 4.66. The number of nitrogens with one attached hydrogen (secondary N) is 1. The second-order valence-electron chi connectivity index (χ2n) is 3.74. The minimum absolute atomic E-state index is 0.192. The van der Waals surface area contributed by atoms with E-state index in [2.05, 4.69) is 31.2 Å². The number of halogens is 1. The summed E-state index contributed by atoms with van der Waals surface area (Å²) in [6.45, 7) is 1.91. The Morgan fingerprint density at radius 3 is 2.83 bits per heavy atom. The fourth-order valence-electron chi connectivity index (χ4n) is 1.44. The molecule has 0 fully saturated rings. The van der Waals surface area contributed by atoms with Gasteiger partial charge < -0.3 is 11.1 Å². The molecule has 0 saturated carbocycles. The summed E-state index contributed by atoms with van der Waals surface area (Å²) in [6.07, 6.45) is 2.77. The molecule has 1 aromatic carbocycles. The van der Waals surface area contributed by atoms with Crippen molar-refractivity contribution >= 4 is 33.3 Å². The zero-order chi connectivity index (χ0) is 13.1. The van der Waals surface area contributed by atoms with Crippen LogP contribution < -0.4 is 11.1 Å². The van der Waals surface area contributed by atoms with E-state index in [-0.39, 0.29) is 17.4 Å². The fraction of sp³-hybridized carbons (Fsp3) is 0.0833. The zero-order valence-electron chi connectivity index (χ0n) is 9.64. The van der Waals surface area contributed by atoms with Crippen LogP contribution in [0.15, 0.2) is 35.1 Å². The number of aromatic nitrogens is 2. The third-order valence-electron chi connectivity index (χ3n) is 2.32. The quantitative estimate of drug-likeness (QED) is 0.892. The predicted molar refractivity (Wildman–Crippen MR) is 73.3 cm³/mol. The third-order valence-corrected chi connectivity index (χ3v) is 2.82. The first-order valence-corrected chi connectivity index (χ1v) is 6.00. The van der Waals surface area contributed by atoms with Crippen LogP contribution in [0.5, 0.6) is 0 Å². The van der Waals surface area contributed by atoms with Gasteiger partial charge in [-0.05, 0) is 30.7 Å². The van der Waals surface area contributed by atoms with Gasteiger partial charge in [0.1, 0.15) is 11.5 Å². The summed E-state index contributed by atoms with van der Waals surface area (Å²) in [4.78, 5) is 19.7. The Hall–Kier alpha value is -1.95. The van der Waals surface area contributed by atoms with Crippen molar-refractivity contribution in [2.24, 2.45) is 0 Å². The van der Waals surface area contributed by atoms with Gasteiger partial charge in [-0.3, -0.25) is 9.78 Å². The molecule has 2 aromatic rings. The smallest absolute Gasteiger partial charge is 0.275 e. The molecular formula is C12H11BrN4O. The van der Waals surface area contributed by atoms with Gasteiger partial charge in [-0.25, -0.2) is 4.98 Å². The average Bonchev–Trinajstić information content (AvgIpc) is 2.32. The standard InChI is InChI=1S/C12H11BrN4O/c1-7-4-8(13)2-3-9(7)17-12(18)10-5-15-6-11(14)16-10/h2-6H,1H3,(H2,14,16)(H,17,18). The van der Waals surface area contributed by atoms with E-state index in [9.17, 15) is 4.79 Å². The van der Waals surface area contributed by atoms with Crippen molar-refractivity contribution in [3.05, 3.63) is 46.3 Å². The summed E-state index contributed by atoms with van der Waals surface area (Å²) in [5.74, 6) is -0.115. The number of anilines is 2. The van der Waals surface area contributed by atoms with Crippen LogP contribution in [0.3, 0.4) is 0 Å². The predicted octanol–water partition coefficient (Wildman–Crippen LogP) is 2.38. The summed E-state index contributed by atoms with van der Waals surface area (Å²) in [6, 6.07) is 5.59. The fourth-order valence-corrected chi connectivity index (χ4v) is 1.92. The molecule has 0 aliphatic carbocycles. The van der Waals surface area contributed by atoms with E-state index in [0.717, 1.165) is 15.7 Å². The minimum atomic E-state index is -0.333. The van der Waals surface area contributed by atoms with Crippen molar-refractivity contribution in [2.45, 2.75) is 6.92 Å². The van der Waals surface area contributed by atoms with E-state index < -0.39 is 0 Å². The number of carbonyl (C=O) groups excluding carboxylic acids is 1. The minimum Gasteiger partial charge on any atom is -0.382 e. The van der Waals surface area contributed by atoms with Crippen LogP contribution in [-0.2, 0) is 0 Å². The van der Waals surface area contributed by atoms with Gasteiger partial charge in [0, 0.05) is 10.2 Å². The maximum absolute atomic E-state index is 11.9. The van der Waals surface area contributed by atoms with Gasteiger partial charge >= 0.3 is 0 Å². The van der Waals surface area contributed by atoms with Gasteiger partial charge in [0.25, 0.3) is 5.91 Å². The van der Waals surface area contributed by atoms with Crippen molar-refractivity contribution in [1.29, 1.82) is 0 Å². The lowest BCUT2D eigenvalue weighted by molar-refractivity contribution is 0.102. The molecular weight excluding hydrogens is 296 g/mol. The molecule has 3 N–H and O–H groups in total. The molecule has 0 aliphatic rings. The van der Waals surface area contributed by atoms with Crippen LogP contribution in [0.1, 0.15) is 16.1 Å². The van der Waals surface area contributed by atoms with Gasteiger partial charge in [-0.1, -0.05) is 15.9 Å². The number of rotatable bonds is 2. The number of hydrogen-bond acceptors (Lipinski definition) is 4. The molecule has 0 spiro atoms. The highest BCUT2D eigenvalue weighted by atomic mass is 79.9. The Kier molecular flexibility index (Phi) is 3.57. The highest BCUT2D eigenvalue weighted by molar-refractivity contribution is 9.10. The van der Waals surface area contributed by atoms with Crippen LogP contribution in [0.4, 0.5) is 11.5 Å². The van der Waals surface area contributed by atoms with E-state index in [1.807, 2.05) is 25.1 Å². The summed E-state index contributed by atoms with van der Waals surface area (Å²) >= 11 is 3.37. The van der Waals surface area contributed by atoms with Gasteiger partial charge in [-0.15, -0.1) is 0 Å². The number of carbonyl (C=O) groups is 1. The van der Waals surface area contributed by atoms with E-state index >= 15 is 0 Å². The van der Waals surface area contributed by atoms with Gasteiger partial charge in [0.15, 0.2) is 0 Å². The number of nitrogens with zero attached hydrogens (tertiary/aromatic N) is 2. The Bertz CT molecular complexity index is 600. The SMILES string of the molecule is Cc1cc(Br)ccc1NC(=O)c1cncc(N)n1. The van der Waals surface area contributed by atoms with Crippen LogP contribution in [0, 0.1) is 6.92 Å². The lowest BCUT2D eigenvalue weighted by Gasteiger charge is -2.08. The first kappa shape index (κ1) is 12.5. The number of aryl methyl sites for hydroxylation is 1. The molecule has 1 aromatic heterocycles. The van der Waals surface area contributed by atoms with Gasteiger partial charge in [0.2, 0.25) is 0 Å². The zero-order valence-corrected chi connectivity index (χ0v) is 11.2. The van der Waals surface area contributed by atoms with Crippen LogP contribution in [0.2, 0.25) is 0 Å². The van der Waals surface area contributed by atoms with Crippen molar-refractivity contribution < 1.29 is 4.79 Å². The topological polar surface area (TPSA) is 80.9 Å². The third kappa shape index (κ3) is 2.84. The monoisotopic (exact) mass is 306 g/mol. The molecule has 5 nitrogen and oxygen atoms in total. The lowest BCUT2D eigenvalue weighted by Crippen LogP contribution is -2.15. The highest BCUT2D eigenvalue weighted by Gasteiger charge is 2.10. The first-order chi connectivity index (χ1) is 8.56. The van der Waals surface area contributed by atoms with E-state index in [0.29, 0.717) is 0 Å². The van der Waals surface area contributed by atoms with Gasteiger partial charge in [-0.2, -0.15) is 0 Å². The summed E-state index contributed by atoms with van der Waals surface area (Å²) in [5.41, 5.74) is 7.35. The molecule has 1 heterocycles. The highest BCUT2D eigenvalue weighted by Crippen LogP contribution is 2.20. The van der Waals surface area contributed by atoms with Gasteiger partial charge in [0.05, 0.1) is 12.4 Å². The Labute approximate surface area is 113 Å². The number of hydrogen-bond donors (Lipinski definition) is 2. The number of nitrogen functional groups attached to an aromatic ring is 1. The molecule has 0 aliphatic heterocycles. The number of amides is 1. The Balaban J connectivity index is 2.21. The maximum atomic E-state index is 11.9. The van der Waals surface area contributed by atoms with E-state index in [4.69, 9.17) is 5.73 Å². The van der Waals surface area contributed by atoms with Crippen LogP contribution in [0.25, 0.3) is 0 Å².